The van der Waals surface area contributed by atoms with Crippen LogP contribution in [0.25, 0.3) is 11.3 Å². The van der Waals surface area contributed by atoms with Gasteiger partial charge in [-0.05, 0) is 50.8 Å². The predicted octanol–water partition coefficient (Wildman–Crippen LogP) is 4.99. The minimum absolute atomic E-state index is 0.0875. The van der Waals surface area contributed by atoms with Crippen molar-refractivity contribution in [3.05, 3.63) is 48.5 Å². The number of amides is 3. The van der Waals surface area contributed by atoms with Crippen LogP contribution in [0.3, 0.4) is 0 Å². The van der Waals surface area contributed by atoms with Crippen LogP contribution < -0.4 is 15.4 Å². The van der Waals surface area contributed by atoms with Gasteiger partial charge in [-0.15, -0.1) is 0 Å². The van der Waals surface area contributed by atoms with Gasteiger partial charge in [0.2, 0.25) is 5.91 Å². The molecule has 3 heterocycles. The zero-order chi connectivity index (χ0) is 25.9. The molecule has 0 aliphatic heterocycles. The summed E-state index contributed by atoms with van der Waals surface area (Å²) in [5.41, 5.74) is 2.02. The lowest BCUT2D eigenvalue weighted by atomic mass is 9.81. The average Bonchev–Trinajstić information content (AvgIpc) is 3.27. The summed E-state index contributed by atoms with van der Waals surface area (Å²) < 4.78 is 46.0. The molecule has 2 N–H and O–H groups in total. The molecule has 1 aliphatic rings. The van der Waals surface area contributed by atoms with E-state index in [1.165, 1.54) is 6.07 Å². The van der Waals surface area contributed by atoms with Crippen LogP contribution in [0.5, 0.6) is 11.5 Å². The Kier molecular flexibility index (Phi) is 7.22. The molecule has 0 radical (unpaired) electrons. The number of aromatic nitrogens is 4. The number of carbonyl (C=O) groups excluding carboxylic acids is 2. The second-order valence-corrected chi connectivity index (χ2v) is 8.70. The van der Waals surface area contributed by atoms with E-state index in [0.29, 0.717) is 22.9 Å². The van der Waals surface area contributed by atoms with Crippen LogP contribution in [-0.2, 0) is 11.8 Å². The minimum atomic E-state index is -4.25. The summed E-state index contributed by atoms with van der Waals surface area (Å²) >= 11 is 0. The third-order valence-electron chi connectivity index (χ3n) is 6.04. The van der Waals surface area contributed by atoms with Gasteiger partial charge >= 0.3 is 12.2 Å². The Hall–Kier alpha value is -3.96. The van der Waals surface area contributed by atoms with Crippen molar-refractivity contribution in [3.63, 3.8) is 0 Å². The van der Waals surface area contributed by atoms with Crippen molar-refractivity contribution in [2.24, 2.45) is 18.9 Å². The summed E-state index contributed by atoms with van der Waals surface area (Å²) in [6.45, 7) is 1.70. The summed E-state index contributed by atoms with van der Waals surface area (Å²) in [6.07, 6.45) is 0.837. The molecule has 3 aromatic rings. The molecule has 9 nitrogen and oxygen atoms in total. The van der Waals surface area contributed by atoms with E-state index in [0.717, 1.165) is 5.56 Å². The molecule has 1 aliphatic carbocycles. The maximum Gasteiger partial charge on any atom is 0.391 e. The number of alkyl halides is 3. The number of anilines is 1. The van der Waals surface area contributed by atoms with Gasteiger partial charge in [0.25, 0.3) is 0 Å². The zero-order valence-electron chi connectivity index (χ0n) is 19.7. The Labute approximate surface area is 205 Å². The third-order valence-corrected chi connectivity index (χ3v) is 6.04. The molecular weight excluding hydrogens is 477 g/mol. The smallest absolute Gasteiger partial charge is 0.391 e. The first-order chi connectivity index (χ1) is 17.1. The van der Waals surface area contributed by atoms with Crippen molar-refractivity contribution in [2.75, 3.05) is 5.32 Å². The van der Waals surface area contributed by atoms with Crippen molar-refractivity contribution < 1.29 is 27.5 Å². The molecule has 12 heteroatoms. The molecule has 0 spiro atoms. The Morgan fingerprint density at radius 1 is 1.14 bits per heavy atom. The molecule has 36 heavy (non-hydrogen) atoms. The number of urea groups is 1. The van der Waals surface area contributed by atoms with E-state index >= 15 is 0 Å². The molecule has 3 aromatic heterocycles. The van der Waals surface area contributed by atoms with E-state index < -0.39 is 30.0 Å². The van der Waals surface area contributed by atoms with E-state index in [9.17, 15) is 22.8 Å². The number of imide groups is 1. The van der Waals surface area contributed by atoms with Crippen molar-refractivity contribution >= 4 is 17.8 Å². The first kappa shape index (κ1) is 25.1. The van der Waals surface area contributed by atoms with Gasteiger partial charge in [0.05, 0.1) is 23.5 Å². The van der Waals surface area contributed by atoms with Crippen molar-refractivity contribution in [1.82, 2.24) is 25.1 Å². The van der Waals surface area contributed by atoms with E-state index in [4.69, 9.17) is 4.74 Å². The SMILES string of the molecule is Cc1nc(NC(=O)NC(=O)C2CCC(C(F)(F)F)CC2)ccc1Oc1ccnc(-c2cnn(C)c2)c1. The fourth-order valence-electron chi connectivity index (χ4n) is 4.08. The fourth-order valence-corrected chi connectivity index (χ4v) is 4.08. The average molecular weight is 502 g/mol. The van der Waals surface area contributed by atoms with Crippen LogP contribution in [0.1, 0.15) is 31.4 Å². The Bertz CT molecular complexity index is 1250. The number of nitrogens with one attached hydrogen (secondary N) is 2. The van der Waals surface area contributed by atoms with Crippen LogP contribution in [0, 0.1) is 18.8 Å². The third kappa shape index (κ3) is 6.18. The molecule has 4 rings (SSSR count). The molecule has 0 saturated heterocycles. The molecule has 1 fully saturated rings. The number of ether oxygens (including phenoxy) is 1. The lowest BCUT2D eigenvalue weighted by Gasteiger charge is -2.28. The normalized spacial score (nSPS) is 17.9. The standard InChI is InChI=1S/C24H25F3N6O3/c1-14-20(36-18-9-10-28-19(11-18)16-12-29-33(2)13-16)7-8-21(30-14)31-23(35)32-22(34)15-3-5-17(6-4-15)24(25,26)27/h7-13,15,17H,3-6H2,1-2H3,(H2,30,31,32,34,35). The second kappa shape index (κ2) is 10.3. The van der Waals surface area contributed by atoms with Gasteiger partial charge in [-0.2, -0.15) is 18.3 Å². The van der Waals surface area contributed by atoms with E-state index in [1.54, 1.807) is 42.2 Å². The number of hydrogen-bond acceptors (Lipinski definition) is 6. The Balaban J connectivity index is 1.32. The van der Waals surface area contributed by atoms with Crippen LogP contribution in [-0.4, -0.2) is 37.9 Å². The fraction of sp³-hybridized carbons (Fsp3) is 0.375. The van der Waals surface area contributed by atoms with Crippen LogP contribution in [0.4, 0.5) is 23.8 Å². The number of aryl methyl sites for hydroxylation is 2. The molecule has 1 saturated carbocycles. The van der Waals surface area contributed by atoms with E-state index in [2.05, 4.69) is 25.7 Å². The number of hydrogen-bond donors (Lipinski definition) is 2. The van der Waals surface area contributed by atoms with Crippen LogP contribution >= 0.6 is 0 Å². The summed E-state index contributed by atoms with van der Waals surface area (Å²) in [4.78, 5) is 33.2. The number of rotatable bonds is 5. The van der Waals surface area contributed by atoms with Gasteiger partial charge < -0.3 is 4.74 Å². The van der Waals surface area contributed by atoms with Gasteiger partial charge in [0.15, 0.2) is 0 Å². The minimum Gasteiger partial charge on any atom is -0.455 e. The highest BCUT2D eigenvalue weighted by Gasteiger charge is 2.42. The van der Waals surface area contributed by atoms with Gasteiger partial charge in [-0.25, -0.2) is 9.78 Å². The summed E-state index contributed by atoms with van der Waals surface area (Å²) in [7, 11) is 1.81. The highest BCUT2D eigenvalue weighted by Crippen LogP contribution is 2.39. The first-order valence-electron chi connectivity index (χ1n) is 11.4. The highest BCUT2D eigenvalue weighted by molar-refractivity contribution is 6.01. The molecule has 0 unspecified atom stereocenters. The van der Waals surface area contributed by atoms with Crippen LogP contribution in [0.2, 0.25) is 0 Å². The molecule has 0 bridgehead atoms. The summed E-state index contributed by atoms with van der Waals surface area (Å²) in [5.74, 6) is -1.42. The van der Waals surface area contributed by atoms with Gasteiger partial charge in [-0.1, -0.05) is 0 Å². The lowest BCUT2D eigenvalue weighted by molar-refractivity contribution is -0.184. The number of nitrogens with zero attached hydrogens (tertiary/aromatic N) is 4. The van der Waals surface area contributed by atoms with Gasteiger partial charge in [0, 0.05) is 37.0 Å². The van der Waals surface area contributed by atoms with Crippen molar-refractivity contribution in [2.45, 2.75) is 38.8 Å². The summed E-state index contributed by atoms with van der Waals surface area (Å²) in [5, 5.41) is 8.80. The number of pyridine rings is 2. The monoisotopic (exact) mass is 502 g/mol. The van der Waals surface area contributed by atoms with Gasteiger partial charge in [-0.3, -0.25) is 25.1 Å². The van der Waals surface area contributed by atoms with Crippen molar-refractivity contribution in [3.8, 4) is 22.8 Å². The van der Waals surface area contributed by atoms with Gasteiger partial charge in [0.1, 0.15) is 17.3 Å². The molecule has 0 aromatic carbocycles. The Morgan fingerprint density at radius 3 is 2.53 bits per heavy atom. The molecule has 3 amide bonds. The Morgan fingerprint density at radius 2 is 1.89 bits per heavy atom. The van der Waals surface area contributed by atoms with E-state index in [-0.39, 0.29) is 31.5 Å². The lowest BCUT2D eigenvalue weighted by Crippen LogP contribution is -2.40. The van der Waals surface area contributed by atoms with E-state index in [1.807, 2.05) is 13.2 Å². The predicted molar refractivity (Wildman–Crippen MR) is 124 cm³/mol. The number of halogens is 3. The quantitative estimate of drug-likeness (QED) is 0.508. The maximum absolute atomic E-state index is 12.8. The topological polar surface area (TPSA) is 111 Å². The molecular formula is C24H25F3N6O3. The maximum atomic E-state index is 12.8. The zero-order valence-corrected chi connectivity index (χ0v) is 19.7. The number of carbonyl (C=O) groups is 2. The van der Waals surface area contributed by atoms with Crippen LogP contribution in [0.15, 0.2) is 42.9 Å². The molecule has 190 valence electrons. The van der Waals surface area contributed by atoms with Crippen molar-refractivity contribution in [1.29, 1.82) is 0 Å². The summed E-state index contributed by atoms with van der Waals surface area (Å²) in [6, 6.07) is 5.82. The largest absolute Gasteiger partial charge is 0.455 e. The first-order valence-corrected chi connectivity index (χ1v) is 11.4. The second-order valence-electron chi connectivity index (χ2n) is 8.70. The molecule has 0 atom stereocenters. The highest BCUT2D eigenvalue weighted by atomic mass is 19.4.